The van der Waals surface area contributed by atoms with Gasteiger partial charge < -0.3 is 10.3 Å². The van der Waals surface area contributed by atoms with Gasteiger partial charge in [-0.1, -0.05) is 19.1 Å². The molecule has 0 aliphatic carbocycles. The van der Waals surface area contributed by atoms with Gasteiger partial charge in [-0.05, 0) is 25.5 Å². The van der Waals surface area contributed by atoms with Gasteiger partial charge in [0, 0.05) is 25.3 Å². The van der Waals surface area contributed by atoms with E-state index in [0.717, 1.165) is 29.8 Å². The molecule has 1 aromatic carbocycles. The third-order valence-electron chi connectivity index (χ3n) is 3.88. The van der Waals surface area contributed by atoms with Crippen molar-refractivity contribution in [2.75, 3.05) is 6.26 Å². The molecule has 6 heteroatoms. The molecule has 0 aliphatic heterocycles. The first-order valence-corrected chi connectivity index (χ1v) is 9.18. The van der Waals surface area contributed by atoms with Crippen LogP contribution in [0.1, 0.15) is 26.1 Å². The molecule has 0 bridgehead atoms. The molecule has 0 aliphatic rings. The fourth-order valence-corrected chi connectivity index (χ4v) is 3.18. The number of benzene rings is 1. The van der Waals surface area contributed by atoms with E-state index < -0.39 is 21.1 Å². The molecule has 2 unspecified atom stereocenters. The lowest BCUT2D eigenvalue weighted by atomic mass is 10.1. The van der Waals surface area contributed by atoms with Crippen LogP contribution in [0.15, 0.2) is 24.3 Å². The third-order valence-corrected chi connectivity index (χ3v) is 5.58. The predicted molar refractivity (Wildman–Crippen MR) is 86.0 cm³/mol. The van der Waals surface area contributed by atoms with Crippen LogP contribution < -0.4 is 5.73 Å². The average molecular weight is 309 g/mol. The molecule has 2 rings (SSSR count). The van der Waals surface area contributed by atoms with Gasteiger partial charge in [-0.3, -0.25) is 0 Å². The van der Waals surface area contributed by atoms with Crippen molar-refractivity contribution in [2.24, 2.45) is 5.73 Å². The maximum Gasteiger partial charge on any atom is 0.151 e. The fraction of sp³-hybridized carbons (Fsp3) is 0.533. The highest BCUT2D eigenvalue weighted by atomic mass is 32.2. The van der Waals surface area contributed by atoms with Crippen LogP contribution in [0, 0.1) is 0 Å². The lowest BCUT2D eigenvalue weighted by molar-refractivity contribution is 0.546. The molecule has 116 valence electrons. The van der Waals surface area contributed by atoms with E-state index in [1.807, 2.05) is 24.3 Å². The Morgan fingerprint density at radius 1 is 1.33 bits per heavy atom. The molecule has 2 aromatic rings. The van der Waals surface area contributed by atoms with Crippen molar-refractivity contribution in [3.05, 3.63) is 30.1 Å². The highest BCUT2D eigenvalue weighted by Gasteiger charge is 2.24. The third kappa shape index (κ3) is 3.44. The Bertz CT molecular complexity index is 722. The molecule has 0 radical (unpaired) electrons. The highest BCUT2D eigenvalue weighted by Crippen LogP contribution is 2.18. The van der Waals surface area contributed by atoms with Gasteiger partial charge in [-0.15, -0.1) is 0 Å². The van der Waals surface area contributed by atoms with E-state index in [4.69, 9.17) is 5.73 Å². The second-order valence-electron chi connectivity index (χ2n) is 5.57. The molecule has 0 amide bonds. The van der Waals surface area contributed by atoms with Crippen molar-refractivity contribution in [3.8, 4) is 0 Å². The van der Waals surface area contributed by atoms with Crippen molar-refractivity contribution in [1.82, 2.24) is 9.55 Å². The Labute approximate surface area is 126 Å². The summed E-state index contributed by atoms with van der Waals surface area (Å²) in [6.07, 6.45) is 2.68. The lowest BCUT2D eigenvalue weighted by Gasteiger charge is -2.18. The molecule has 0 spiro atoms. The number of nitrogens with two attached hydrogens (primary N) is 1. The first-order chi connectivity index (χ1) is 9.84. The standard InChI is InChI=1S/C15H23N3O2S/c1-4-9-18-14-8-6-5-7-13(14)17-15(18)10-12(16)11(2)21(3,19)20/h5-8,11-12H,4,9-10,16H2,1-3H3. The Morgan fingerprint density at radius 3 is 2.62 bits per heavy atom. The molecule has 0 saturated heterocycles. The van der Waals surface area contributed by atoms with E-state index >= 15 is 0 Å². The summed E-state index contributed by atoms with van der Waals surface area (Å²) >= 11 is 0. The number of sulfone groups is 1. The molecule has 1 aromatic heterocycles. The highest BCUT2D eigenvalue weighted by molar-refractivity contribution is 7.91. The van der Waals surface area contributed by atoms with Gasteiger partial charge in [0.05, 0.1) is 16.3 Å². The number of hydrogen-bond acceptors (Lipinski definition) is 4. The van der Waals surface area contributed by atoms with Crippen molar-refractivity contribution in [2.45, 2.75) is 44.5 Å². The van der Waals surface area contributed by atoms with Crippen LogP contribution in [0.5, 0.6) is 0 Å². The van der Waals surface area contributed by atoms with E-state index in [2.05, 4.69) is 16.5 Å². The van der Waals surface area contributed by atoms with Gasteiger partial charge in [0.15, 0.2) is 9.84 Å². The van der Waals surface area contributed by atoms with Crippen molar-refractivity contribution in [1.29, 1.82) is 0 Å². The van der Waals surface area contributed by atoms with E-state index in [-0.39, 0.29) is 0 Å². The summed E-state index contributed by atoms with van der Waals surface area (Å²) < 4.78 is 25.4. The van der Waals surface area contributed by atoms with Gasteiger partial charge in [0.25, 0.3) is 0 Å². The molecule has 5 nitrogen and oxygen atoms in total. The Hall–Kier alpha value is -1.40. The number of aryl methyl sites for hydroxylation is 1. The summed E-state index contributed by atoms with van der Waals surface area (Å²) in [6.45, 7) is 4.63. The zero-order chi connectivity index (χ0) is 15.6. The number of hydrogen-bond donors (Lipinski definition) is 1. The number of fused-ring (bicyclic) bond motifs is 1. The van der Waals surface area contributed by atoms with Gasteiger partial charge in [-0.25, -0.2) is 13.4 Å². The molecule has 0 fully saturated rings. The minimum Gasteiger partial charge on any atom is -0.328 e. The average Bonchev–Trinajstić information content (AvgIpc) is 2.75. The fourth-order valence-electron chi connectivity index (χ4n) is 2.45. The number of aromatic nitrogens is 2. The maximum atomic E-state index is 11.6. The van der Waals surface area contributed by atoms with E-state index in [0.29, 0.717) is 6.42 Å². The quantitative estimate of drug-likeness (QED) is 0.882. The van der Waals surface area contributed by atoms with E-state index in [1.54, 1.807) is 6.92 Å². The Kier molecular flexibility index (Phi) is 4.68. The van der Waals surface area contributed by atoms with Crippen molar-refractivity contribution in [3.63, 3.8) is 0 Å². The summed E-state index contributed by atoms with van der Waals surface area (Å²) in [5.74, 6) is 0.862. The number of imidazole rings is 1. The summed E-state index contributed by atoms with van der Waals surface area (Å²) in [6, 6.07) is 7.49. The Balaban J connectivity index is 2.35. The van der Waals surface area contributed by atoms with Crippen LogP contribution in [0.4, 0.5) is 0 Å². The minimum absolute atomic E-state index is 0.451. The van der Waals surface area contributed by atoms with Crippen LogP contribution in [-0.2, 0) is 22.8 Å². The van der Waals surface area contributed by atoms with Gasteiger partial charge >= 0.3 is 0 Å². The first-order valence-electron chi connectivity index (χ1n) is 7.23. The topological polar surface area (TPSA) is 78.0 Å². The van der Waals surface area contributed by atoms with E-state index in [9.17, 15) is 8.42 Å². The Morgan fingerprint density at radius 2 is 2.00 bits per heavy atom. The summed E-state index contributed by atoms with van der Waals surface area (Å²) in [5, 5.41) is -0.576. The summed E-state index contributed by atoms with van der Waals surface area (Å²) in [5.41, 5.74) is 8.10. The first kappa shape index (κ1) is 16.0. The summed E-state index contributed by atoms with van der Waals surface area (Å²) in [4.78, 5) is 4.62. The lowest BCUT2D eigenvalue weighted by Crippen LogP contribution is -2.40. The van der Waals surface area contributed by atoms with Crippen LogP contribution in [0.25, 0.3) is 11.0 Å². The largest absolute Gasteiger partial charge is 0.328 e. The molecular formula is C15H23N3O2S. The zero-order valence-corrected chi connectivity index (χ0v) is 13.6. The van der Waals surface area contributed by atoms with Crippen LogP contribution in [0.2, 0.25) is 0 Å². The van der Waals surface area contributed by atoms with Crippen LogP contribution in [0.3, 0.4) is 0 Å². The minimum atomic E-state index is -3.14. The van der Waals surface area contributed by atoms with Crippen LogP contribution >= 0.6 is 0 Å². The number of rotatable bonds is 6. The molecule has 2 atom stereocenters. The van der Waals surface area contributed by atoms with Gasteiger partial charge in [0.1, 0.15) is 5.82 Å². The summed E-state index contributed by atoms with van der Waals surface area (Å²) in [7, 11) is -3.14. The van der Waals surface area contributed by atoms with Crippen molar-refractivity contribution < 1.29 is 8.42 Å². The van der Waals surface area contributed by atoms with Gasteiger partial charge in [-0.2, -0.15) is 0 Å². The van der Waals surface area contributed by atoms with Crippen LogP contribution in [-0.4, -0.2) is 35.5 Å². The SMILES string of the molecule is CCCn1c(CC(N)C(C)S(C)(=O)=O)nc2ccccc21. The molecular weight excluding hydrogens is 286 g/mol. The smallest absolute Gasteiger partial charge is 0.151 e. The number of nitrogens with zero attached hydrogens (tertiary/aromatic N) is 2. The predicted octanol–water partition coefficient (Wildman–Crippen LogP) is 1.75. The van der Waals surface area contributed by atoms with Gasteiger partial charge in [0.2, 0.25) is 0 Å². The molecule has 21 heavy (non-hydrogen) atoms. The van der Waals surface area contributed by atoms with E-state index in [1.165, 1.54) is 6.26 Å². The number of para-hydroxylation sites is 2. The van der Waals surface area contributed by atoms with Crippen molar-refractivity contribution >= 4 is 20.9 Å². The second kappa shape index (κ2) is 6.15. The second-order valence-corrected chi connectivity index (χ2v) is 7.97. The maximum absolute atomic E-state index is 11.6. The monoisotopic (exact) mass is 309 g/mol. The molecule has 1 heterocycles. The molecule has 2 N–H and O–H groups in total. The normalized spacial score (nSPS) is 15.2. The zero-order valence-electron chi connectivity index (χ0n) is 12.8. The molecule has 0 saturated carbocycles.